The molecule has 0 saturated heterocycles. The molecule has 0 heterocycles. The molecule has 0 fully saturated rings. The number of carbonyl (C=O) groups is 2. The first-order valence-corrected chi connectivity index (χ1v) is 8.90. The summed E-state index contributed by atoms with van der Waals surface area (Å²) in [7, 11) is 1.55. The van der Waals surface area contributed by atoms with E-state index in [0.717, 1.165) is 11.1 Å². The van der Waals surface area contributed by atoms with Crippen molar-refractivity contribution in [1.82, 2.24) is 10.2 Å². The number of ether oxygens (including phenoxy) is 1. The summed E-state index contributed by atoms with van der Waals surface area (Å²) in [6.45, 7) is 3.90. The van der Waals surface area contributed by atoms with E-state index >= 15 is 0 Å². The van der Waals surface area contributed by atoms with Gasteiger partial charge in [0.25, 0.3) is 5.91 Å². The van der Waals surface area contributed by atoms with E-state index in [2.05, 4.69) is 5.32 Å². The zero-order valence-electron chi connectivity index (χ0n) is 15.9. The zero-order chi connectivity index (χ0) is 19.8. The molecule has 0 aliphatic heterocycles. The number of benzene rings is 2. The number of amides is 2. The Balaban J connectivity index is 2.19. The Bertz CT molecular complexity index is 777. The second-order valence-electron chi connectivity index (χ2n) is 6.23. The van der Waals surface area contributed by atoms with Crippen LogP contribution < -0.4 is 10.1 Å². The quantitative estimate of drug-likeness (QED) is 0.775. The largest absolute Gasteiger partial charge is 0.484 e. The number of nitrogens with one attached hydrogen (secondary N) is 1. The first-order chi connectivity index (χ1) is 13.0. The Morgan fingerprint density at radius 3 is 2.41 bits per heavy atom. The van der Waals surface area contributed by atoms with E-state index in [-0.39, 0.29) is 24.2 Å². The fraction of sp³-hybridized carbons (Fsp3) is 0.333. The third-order valence-electron chi connectivity index (χ3n) is 4.41. The number of hydrogen-bond donors (Lipinski definition) is 1. The van der Waals surface area contributed by atoms with Crippen LogP contribution in [-0.4, -0.2) is 36.4 Å². The van der Waals surface area contributed by atoms with Crippen LogP contribution in [0.5, 0.6) is 5.75 Å². The molecule has 0 radical (unpaired) electrons. The summed E-state index contributed by atoms with van der Waals surface area (Å²) in [5.74, 6) is -0.506. The van der Waals surface area contributed by atoms with Crippen molar-refractivity contribution in [3.8, 4) is 5.75 Å². The molecule has 0 aliphatic carbocycles. The molecule has 0 spiro atoms. The Morgan fingerprint density at radius 2 is 1.81 bits per heavy atom. The van der Waals surface area contributed by atoms with E-state index in [4.69, 9.17) is 4.74 Å². The van der Waals surface area contributed by atoms with Gasteiger partial charge in [0.05, 0.1) is 0 Å². The molecule has 5 nitrogen and oxygen atoms in total. The predicted octanol–water partition coefficient (Wildman–Crippen LogP) is 3.07. The minimum Gasteiger partial charge on any atom is -0.484 e. The molecule has 0 aliphatic rings. The smallest absolute Gasteiger partial charge is 0.261 e. The summed E-state index contributed by atoms with van der Waals surface area (Å²) in [5, 5.41) is 2.62. The van der Waals surface area contributed by atoms with E-state index < -0.39 is 6.04 Å². The van der Waals surface area contributed by atoms with E-state index in [1.165, 1.54) is 29.2 Å². The van der Waals surface area contributed by atoms with Gasteiger partial charge in [-0.25, -0.2) is 4.39 Å². The van der Waals surface area contributed by atoms with Crippen LogP contribution in [0.15, 0.2) is 48.5 Å². The van der Waals surface area contributed by atoms with Crippen molar-refractivity contribution in [3.05, 3.63) is 65.5 Å². The fourth-order valence-electron chi connectivity index (χ4n) is 2.82. The lowest BCUT2D eigenvalue weighted by atomic mass is 10.1. The summed E-state index contributed by atoms with van der Waals surface area (Å²) in [6.07, 6.45) is 0.480. The van der Waals surface area contributed by atoms with Gasteiger partial charge in [-0.15, -0.1) is 0 Å². The van der Waals surface area contributed by atoms with Gasteiger partial charge in [-0.3, -0.25) is 9.59 Å². The van der Waals surface area contributed by atoms with Crippen LogP contribution in [0, 0.1) is 12.7 Å². The molecule has 0 saturated carbocycles. The van der Waals surface area contributed by atoms with Crippen molar-refractivity contribution in [2.45, 2.75) is 32.9 Å². The SMILES string of the molecule is CC[C@@H](C(=O)NC)N(Cc1ccccc1C)C(=O)COc1ccc(F)cc1. The number of aryl methyl sites for hydroxylation is 1. The topological polar surface area (TPSA) is 58.6 Å². The Morgan fingerprint density at radius 1 is 1.15 bits per heavy atom. The lowest BCUT2D eigenvalue weighted by molar-refractivity contribution is -0.142. The van der Waals surface area contributed by atoms with Gasteiger partial charge in [-0.1, -0.05) is 31.2 Å². The van der Waals surface area contributed by atoms with Crippen LogP contribution in [0.2, 0.25) is 0 Å². The van der Waals surface area contributed by atoms with Crippen molar-refractivity contribution >= 4 is 11.8 Å². The molecule has 0 aromatic heterocycles. The van der Waals surface area contributed by atoms with E-state index in [1.54, 1.807) is 7.05 Å². The Kier molecular flexibility index (Phi) is 7.34. The molecule has 0 unspecified atom stereocenters. The molecule has 2 rings (SSSR count). The van der Waals surface area contributed by atoms with E-state index in [9.17, 15) is 14.0 Å². The van der Waals surface area contributed by atoms with Gasteiger partial charge in [0.15, 0.2) is 6.61 Å². The molecule has 27 heavy (non-hydrogen) atoms. The number of likely N-dealkylation sites (N-methyl/N-ethyl adjacent to an activating group) is 1. The molecular weight excluding hydrogens is 347 g/mol. The van der Waals surface area contributed by atoms with Crippen LogP contribution in [0.3, 0.4) is 0 Å². The summed E-state index contributed by atoms with van der Waals surface area (Å²) in [6, 6.07) is 12.6. The molecule has 2 amide bonds. The molecule has 2 aromatic rings. The first-order valence-electron chi connectivity index (χ1n) is 8.90. The standard InChI is InChI=1S/C21H25FN2O3/c1-4-19(21(26)23-3)24(13-16-8-6-5-7-15(16)2)20(25)14-27-18-11-9-17(22)10-12-18/h5-12,19H,4,13-14H2,1-3H3,(H,23,26)/t19-/m0/s1. The number of hydrogen-bond acceptors (Lipinski definition) is 3. The van der Waals surface area contributed by atoms with Gasteiger partial charge in [-0.05, 0) is 48.7 Å². The van der Waals surface area contributed by atoms with E-state index in [1.807, 2.05) is 38.1 Å². The van der Waals surface area contributed by atoms with Gasteiger partial charge in [-0.2, -0.15) is 0 Å². The maximum atomic E-state index is 13.0. The second-order valence-corrected chi connectivity index (χ2v) is 6.23. The molecule has 1 N–H and O–H groups in total. The highest BCUT2D eigenvalue weighted by molar-refractivity contribution is 5.88. The number of halogens is 1. The lowest BCUT2D eigenvalue weighted by Crippen LogP contribution is -2.49. The fourth-order valence-corrected chi connectivity index (χ4v) is 2.82. The number of carbonyl (C=O) groups excluding carboxylic acids is 2. The van der Waals surface area contributed by atoms with Crippen molar-refractivity contribution in [2.24, 2.45) is 0 Å². The van der Waals surface area contributed by atoms with Crippen molar-refractivity contribution in [3.63, 3.8) is 0 Å². The minimum atomic E-state index is -0.598. The maximum absolute atomic E-state index is 13.0. The normalized spacial score (nSPS) is 11.6. The van der Waals surface area contributed by atoms with Gasteiger partial charge in [0.1, 0.15) is 17.6 Å². The number of nitrogens with zero attached hydrogens (tertiary/aromatic N) is 1. The molecule has 144 valence electrons. The highest BCUT2D eigenvalue weighted by atomic mass is 19.1. The zero-order valence-corrected chi connectivity index (χ0v) is 15.9. The van der Waals surface area contributed by atoms with Crippen molar-refractivity contribution in [1.29, 1.82) is 0 Å². The van der Waals surface area contributed by atoms with Crippen molar-refractivity contribution < 1.29 is 18.7 Å². The molecule has 2 aromatic carbocycles. The third-order valence-corrected chi connectivity index (χ3v) is 4.41. The molecule has 0 bridgehead atoms. The molecule has 6 heteroatoms. The average Bonchev–Trinajstić information content (AvgIpc) is 2.68. The lowest BCUT2D eigenvalue weighted by Gasteiger charge is -2.30. The second kappa shape index (κ2) is 9.71. The van der Waals surface area contributed by atoms with Crippen molar-refractivity contribution in [2.75, 3.05) is 13.7 Å². The minimum absolute atomic E-state index is 0.221. The summed E-state index contributed by atoms with van der Waals surface area (Å²) < 4.78 is 18.5. The third kappa shape index (κ3) is 5.54. The summed E-state index contributed by atoms with van der Waals surface area (Å²) >= 11 is 0. The summed E-state index contributed by atoms with van der Waals surface area (Å²) in [4.78, 5) is 26.7. The first kappa shape index (κ1) is 20.4. The van der Waals surface area contributed by atoms with Gasteiger partial charge in [0.2, 0.25) is 5.91 Å². The monoisotopic (exact) mass is 372 g/mol. The Hall–Kier alpha value is -2.89. The van der Waals surface area contributed by atoms with Gasteiger partial charge < -0.3 is 15.0 Å². The molecule has 1 atom stereocenters. The van der Waals surface area contributed by atoms with E-state index in [0.29, 0.717) is 18.7 Å². The van der Waals surface area contributed by atoms with Crippen LogP contribution in [-0.2, 0) is 16.1 Å². The Labute approximate surface area is 159 Å². The van der Waals surface area contributed by atoms with Crippen LogP contribution >= 0.6 is 0 Å². The van der Waals surface area contributed by atoms with Gasteiger partial charge in [0, 0.05) is 13.6 Å². The molecular formula is C21H25FN2O3. The number of rotatable bonds is 8. The predicted molar refractivity (Wildman–Crippen MR) is 102 cm³/mol. The van der Waals surface area contributed by atoms with Crippen LogP contribution in [0.4, 0.5) is 4.39 Å². The average molecular weight is 372 g/mol. The van der Waals surface area contributed by atoms with Crippen LogP contribution in [0.1, 0.15) is 24.5 Å². The highest BCUT2D eigenvalue weighted by Gasteiger charge is 2.28. The maximum Gasteiger partial charge on any atom is 0.261 e. The highest BCUT2D eigenvalue weighted by Crippen LogP contribution is 2.16. The summed E-state index contributed by atoms with van der Waals surface area (Å²) in [5.41, 5.74) is 2.01. The van der Waals surface area contributed by atoms with Crippen LogP contribution in [0.25, 0.3) is 0 Å². The van der Waals surface area contributed by atoms with Gasteiger partial charge >= 0.3 is 0 Å².